The third-order valence-corrected chi connectivity index (χ3v) is 5.71. The zero-order valence-corrected chi connectivity index (χ0v) is 17.6. The largest absolute Gasteiger partial charge is 0.545 e. The number of anilines is 4. The van der Waals surface area contributed by atoms with Gasteiger partial charge < -0.3 is 29.9 Å². The maximum absolute atomic E-state index is 11.8. The molecule has 7 nitrogen and oxygen atoms in total. The lowest BCUT2D eigenvalue weighted by molar-refractivity contribution is -0.880. The highest BCUT2D eigenvalue weighted by Crippen LogP contribution is 2.32. The summed E-state index contributed by atoms with van der Waals surface area (Å²) in [4.78, 5) is 22.0. The fourth-order valence-electron chi connectivity index (χ4n) is 3.79. The molecule has 4 rings (SSSR count). The van der Waals surface area contributed by atoms with Gasteiger partial charge in [-0.3, -0.25) is 4.98 Å². The topological polar surface area (TPSA) is 76.0 Å². The molecule has 0 spiro atoms. The van der Waals surface area contributed by atoms with Crippen LogP contribution in [0.15, 0.2) is 48.7 Å². The van der Waals surface area contributed by atoms with Gasteiger partial charge in [-0.1, -0.05) is 0 Å². The van der Waals surface area contributed by atoms with E-state index in [-0.39, 0.29) is 5.56 Å². The second-order valence-electron chi connectivity index (χ2n) is 8.05. The summed E-state index contributed by atoms with van der Waals surface area (Å²) in [7, 11) is 6.12. The van der Waals surface area contributed by atoms with Crippen LogP contribution < -0.4 is 25.1 Å². The lowest BCUT2D eigenvalue weighted by Gasteiger charge is -2.31. The van der Waals surface area contributed by atoms with E-state index in [0.29, 0.717) is 5.69 Å². The Balaban J connectivity index is 1.67. The van der Waals surface area contributed by atoms with Crippen LogP contribution in [0, 0.1) is 0 Å². The Labute approximate surface area is 176 Å². The number of carbonyl (C=O) groups is 1. The third kappa shape index (κ3) is 4.02. The van der Waals surface area contributed by atoms with E-state index in [1.165, 1.54) is 11.9 Å². The normalized spacial score (nSPS) is 14.7. The number of pyridine rings is 1. The predicted molar refractivity (Wildman–Crippen MR) is 119 cm³/mol. The Morgan fingerprint density at radius 2 is 1.83 bits per heavy atom. The fraction of sp³-hybridized carbons (Fsp3) is 0.304. The first kappa shape index (κ1) is 20.0. The molecule has 156 valence electrons. The average molecular weight is 406 g/mol. The van der Waals surface area contributed by atoms with Gasteiger partial charge in [0.25, 0.3) is 0 Å². The number of carboxylic acids is 1. The number of carbonyl (C=O) groups excluding carboxylic acids is 1. The Morgan fingerprint density at radius 1 is 1.13 bits per heavy atom. The van der Waals surface area contributed by atoms with Crippen molar-refractivity contribution in [3.8, 4) is 0 Å². The first-order valence-corrected chi connectivity index (χ1v) is 10.2. The summed E-state index contributed by atoms with van der Waals surface area (Å²) >= 11 is 0. The van der Waals surface area contributed by atoms with Gasteiger partial charge in [-0.15, -0.1) is 0 Å². The molecule has 30 heavy (non-hydrogen) atoms. The second-order valence-corrected chi connectivity index (χ2v) is 8.05. The lowest BCUT2D eigenvalue weighted by atomic mass is 10.1. The summed E-state index contributed by atoms with van der Waals surface area (Å²) < 4.78 is 0. The van der Waals surface area contributed by atoms with Gasteiger partial charge in [0.2, 0.25) is 0 Å². The van der Waals surface area contributed by atoms with Gasteiger partial charge in [0.05, 0.1) is 50.4 Å². The van der Waals surface area contributed by atoms with Crippen LogP contribution in [-0.2, 0) is 0 Å². The van der Waals surface area contributed by atoms with Crippen LogP contribution in [0.3, 0.4) is 0 Å². The summed E-state index contributed by atoms with van der Waals surface area (Å²) in [6, 6.07) is 13.9. The molecule has 1 saturated heterocycles. The smallest absolute Gasteiger partial charge is 0.0947 e. The van der Waals surface area contributed by atoms with Crippen molar-refractivity contribution < 1.29 is 14.8 Å². The van der Waals surface area contributed by atoms with Crippen LogP contribution in [0.4, 0.5) is 22.7 Å². The summed E-state index contributed by atoms with van der Waals surface area (Å²) in [6.45, 7) is 4.34. The maximum atomic E-state index is 11.8. The monoisotopic (exact) mass is 405 g/mol. The number of hydrogen-bond donors (Lipinski definition) is 2. The van der Waals surface area contributed by atoms with Crippen molar-refractivity contribution in [2.45, 2.75) is 0 Å². The Hall–Kier alpha value is -3.32. The van der Waals surface area contributed by atoms with Crippen molar-refractivity contribution in [3.63, 3.8) is 0 Å². The van der Waals surface area contributed by atoms with Crippen LogP contribution >= 0.6 is 0 Å². The molecule has 0 amide bonds. The van der Waals surface area contributed by atoms with Crippen LogP contribution in [0.25, 0.3) is 10.9 Å². The van der Waals surface area contributed by atoms with E-state index in [1.807, 2.05) is 49.3 Å². The minimum atomic E-state index is -1.25. The van der Waals surface area contributed by atoms with E-state index in [1.54, 1.807) is 4.90 Å². The van der Waals surface area contributed by atoms with Crippen molar-refractivity contribution in [1.29, 1.82) is 0 Å². The van der Waals surface area contributed by atoms with Gasteiger partial charge >= 0.3 is 0 Å². The molecular weight excluding hydrogens is 378 g/mol. The molecule has 2 heterocycles. The zero-order valence-electron chi connectivity index (χ0n) is 17.6. The van der Waals surface area contributed by atoms with E-state index >= 15 is 0 Å². The Morgan fingerprint density at radius 3 is 2.47 bits per heavy atom. The molecule has 2 N–H and O–H groups in total. The maximum Gasteiger partial charge on any atom is 0.0947 e. The molecule has 0 unspecified atom stereocenters. The van der Waals surface area contributed by atoms with Gasteiger partial charge in [-0.25, -0.2) is 0 Å². The standard InChI is InChI=1S/C23H27N5O2/c1-26(2)18-8-9-21-19(14-18)22(20(15-24-21)23(29)30)25-16-4-6-17(7-5-16)28-12-10-27(3)11-13-28/h4-9,14-15H,10-13H2,1-3H3,(H,24,25)(H,29,30). The molecule has 7 heteroatoms. The lowest BCUT2D eigenvalue weighted by Crippen LogP contribution is -3.12. The van der Waals surface area contributed by atoms with Crippen LogP contribution in [0.1, 0.15) is 10.4 Å². The SMILES string of the molecule is CN(C)c1ccc2ncc(C(=O)[O-])c(Nc3ccc(N4CC[NH+](C)CC4)cc3)c2c1. The van der Waals surface area contributed by atoms with Crippen LogP contribution in [0.5, 0.6) is 0 Å². The first-order valence-electron chi connectivity index (χ1n) is 10.2. The van der Waals surface area contributed by atoms with E-state index in [2.05, 4.69) is 34.4 Å². The van der Waals surface area contributed by atoms with Gasteiger partial charge in [0, 0.05) is 48.3 Å². The van der Waals surface area contributed by atoms with Crippen molar-refractivity contribution in [1.82, 2.24) is 4.98 Å². The number of nitrogens with one attached hydrogen (secondary N) is 2. The molecular formula is C23H27N5O2. The minimum absolute atomic E-state index is 0.0459. The van der Waals surface area contributed by atoms with E-state index < -0.39 is 5.97 Å². The van der Waals surface area contributed by atoms with Crippen LogP contribution in [0.2, 0.25) is 0 Å². The number of rotatable bonds is 5. The van der Waals surface area contributed by atoms with Crippen molar-refractivity contribution in [2.75, 3.05) is 62.4 Å². The molecule has 1 aliphatic rings. The van der Waals surface area contributed by atoms with Crippen molar-refractivity contribution in [2.24, 2.45) is 0 Å². The fourth-order valence-corrected chi connectivity index (χ4v) is 3.79. The molecule has 2 aromatic carbocycles. The molecule has 3 aromatic rings. The summed E-state index contributed by atoms with van der Waals surface area (Å²) in [6.07, 6.45) is 1.36. The molecule has 0 atom stereocenters. The summed E-state index contributed by atoms with van der Waals surface area (Å²) in [5, 5.41) is 15.8. The zero-order chi connectivity index (χ0) is 21.3. The number of nitrogens with zero attached hydrogens (tertiary/aromatic N) is 3. The number of quaternary nitrogens is 1. The highest BCUT2D eigenvalue weighted by atomic mass is 16.4. The van der Waals surface area contributed by atoms with Gasteiger partial charge in [-0.2, -0.15) is 0 Å². The molecule has 0 saturated carbocycles. The number of hydrogen-bond acceptors (Lipinski definition) is 6. The Kier molecular flexibility index (Phi) is 5.46. The number of carboxylic acid groups (broad SMARTS) is 1. The van der Waals surface area contributed by atoms with Crippen LogP contribution in [-0.4, -0.2) is 58.3 Å². The Bertz CT molecular complexity index is 1060. The highest BCUT2D eigenvalue weighted by molar-refractivity contribution is 6.05. The van der Waals surface area contributed by atoms with Crippen molar-refractivity contribution in [3.05, 3.63) is 54.2 Å². The quantitative estimate of drug-likeness (QED) is 0.652. The average Bonchev–Trinajstić information content (AvgIpc) is 2.74. The minimum Gasteiger partial charge on any atom is -0.545 e. The number of fused-ring (bicyclic) bond motifs is 1. The molecule has 1 aromatic heterocycles. The van der Waals surface area contributed by atoms with E-state index in [9.17, 15) is 9.90 Å². The molecule has 1 fully saturated rings. The second kappa shape index (κ2) is 8.20. The van der Waals surface area contributed by atoms with E-state index in [0.717, 1.165) is 48.5 Å². The predicted octanol–water partition coefficient (Wildman–Crippen LogP) is 0.743. The third-order valence-electron chi connectivity index (χ3n) is 5.71. The number of aromatic carboxylic acids is 1. The van der Waals surface area contributed by atoms with Gasteiger partial charge in [-0.05, 0) is 42.5 Å². The number of benzene rings is 2. The number of aromatic nitrogens is 1. The van der Waals surface area contributed by atoms with Gasteiger partial charge in [0.15, 0.2) is 0 Å². The molecule has 0 radical (unpaired) electrons. The van der Waals surface area contributed by atoms with E-state index in [4.69, 9.17) is 0 Å². The summed E-state index contributed by atoms with van der Waals surface area (Å²) in [5.41, 5.74) is 4.25. The number of piperazine rings is 1. The molecule has 0 bridgehead atoms. The molecule has 1 aliphatic heterocycles. The first-order chi connectivity index (χ1) is 14.4. The summed E-state index contributed by atoms with van der Waals surface area (Å²) in [5.74, 6) is -1.25. The molecule has 0 aliphatic carbocycles. The van der Waals surface area contributed by atoms with Crippen molar-refractivity contribution >= 4 is 39.6 Å². The van der Waals surface area contributed by atoms with Gasteiger partial charge in [0.1, 0.15) is 0 Å². The highest BCUT2D eigenvalue weighted by Gasteiger charge is 2.17. The number of likely N-dealkylation sites (N-methyl/N-ethyl adjacent to an activating group) is 1.